The van der Waals surface area contributed by atoms with E-state index in [1.807, 2.05) is 25.1 Å². The molecule has 4 nitrogen and oxygen atoms in total. The van der Waals surface area contributed by atoms with Gasteiger partial charge in [-0.3, -0.25) is 9.59 Å². The molecule has 4 heteroatoms. The van der Waals surface area contributed by atoms with E-state index in [0.29, 0.717) is 26.0 Å². The number of amides is 1. The Labute approximate surface area is 126 Å². The molecule has 0 fully saturated rings. The predicted octanol–water partition coefficient (Wildman–Crippen LogP) is 2.51. The molecule has 1 aromatic carbocycles. The van der Waals surface area contributed by atoms with Gasteiger partial charge < -0.3 is 9.64 Å². The smallest absolute Gasteiger partial charge is 0.325 e. The summed E-state index contributed by atoms with van der Waals surface area (Å²) in [5, 5.41) is 0. The molecule has 0 atom stereocenters. The zero-order valence-corrected chi connectivity index (χ0v) is 12.8. The Bertz CT molecular complexity index is 497. The Kier molecular flexibility index (Phi) is 7.23. The first-order chi connectivity index (χ1) is 10.1. The number of benzene rings is 1. The molecule has 0 saturated heterocycles. The molecule has 0 aliphatic heterocycles. The highest BCUT2D eigenvalue weighted by atomic mass is 16.5. The Morgan fingerprint density at radius 2 is 2.14 bits per heavy atom. The Hall–Kier alpha value is -2.10. The van der Waals surface area contributed by atoms with Crippen LogP contribution in [0.2, 0.25) is 0 Å². The first-order valence-corrected chi connectivity index (χ1v) is 7.16. The SMILES string of the molecule is C=CCN(CC(=O)OCC)C(=O)CCc1cccc(C)c1. The van der Waals surface area contributed by atoms with Crippen LogP contribution < -0.4 is 0 Å². The van der Waals surface area contributed by atoms with Gasteiger partial charge in [0.15, 0.2) is 0 Å². The zero-order valence-electron chi connectivity index (χ0n) is 12.8. The molecule has 21 heavy (non-hydrogen) atoms. The average Bonchev–Trinajstić information content (AvgIpc) is 2.44. The number of hydrogen-bond donors (Lipinski definition) is 0. The Morgan fingerprint density at radius 3 is 2.76 bits per heavy atom. The zero-order chi connectivity index (χ0) is 15.7. The van der Waals surface area contributed by atoms with E-state index in [9.17, 15) is 9.59 Å². The van der Waals surface area contributed by atoms with Crippen molar-refractivity contribution >= 4 is 11.9 Å². The van der Waals surface area contributed by atoms with Crippen molar-refractivity contribution in [3.05, 3.63) is 48.0 Å². The minimum atomic E-state index is -0.386. The molecular formula is C17H23NO3. The fourth-order valence-corrected chi connectivity index (χ4v) is 2.05. The molecule has 0 radical (unpaired) electrons. The second-order valence-electron chi connectivity index (χ2n) is 4.86. The molecule has 0 unspecified atom stereocenters. The van der Waals surface area contributed by atoms with Crippen LogP contribution in [-0.2, 0) is 20.7 Å². The molecule has 0 N–H and O–H groups in total. The van der Waals surface area contributed by atoms with Gasteiger partial charge in [0.1, 0.15) is 6.54 Å². The average molecular weight is 289 g/mol. The lowest BCUT2D eigenvalue weighted by atomic mass is 10.1. The van der Waals surface area contributed by atoms with E-state index in [1.165, 1.54) is 10.5 Å². The van der Waals surface area contributed by atoms with Gasteiger partial charge in [0, 0.05) is 13.0 Å². The minimum absolute atomic E-state index is 0.0213. The third kappa shape index (κ3) is 6.25. The van der Waals surface area contributed by atoms with E-state index in [4.69, 9.17) is 4.74 Å². The molecule has 0 heterocycles. The van der Waals surface area contributed by atoms with Crippen LogP contribution in [0.3, 0.4) is 0 Å². The van der Waals surface area contributed by atoms with Crippen molar-refractivity contribution in [1.82, 2.24) is 4.90 Å². The lowest BCUT2D eigenvalue weighted by Crippen LogP contribution is -2.36. The van der Waals surface area contributed by atoms with Crippen LogP contribution in [0.1, 0.15) is 24.5 Å². The Balaban J connectivity index is 2.56. The maximum atomic E-state index is 12.2. The fraction of sp³-hybridized carbons (Fsp3) is 0.412. The first-order valence-electron chi connectivity index (χ1n) is 7.16. The summed E-state index contributed by atoms with van der Waals surface area (Å²) in [6.07, 6.45) is 2.65. The largest absolute Gasteiger partial charge is 0.465 e. The van der Waals surface area contributed by atoms with E-state index >= 15 is 0 Å². The summed E-state index contributed by atoms with van der Waals surface area (Å²) in [5.41, 5.74) is 2.30. The predicted molar refractivity (Wildman–Crippen MR) is 82.9 cm³/mol. The van der Waals surface area contributed by atoms with Crippen LogP contribution in [0.4, 0.5) is 0 Å². The van der Waals surface area contributed by atoms with Crippen LogP contribution in [-0.4, -0.2) is 36.5 Å². The second-order valence-corrected chi connectivity index (χ2v) is 4.86. The number of carbonyl (C=O) groups is 2. The second kappa shape index (κ2) is 8.95. The van der Waals surface area contributed by atoms with Crippen LogP contribution in [0.5, 0.6) is 0 Å². The summed E-state index contributed by atoms with van der Waals surface area (Å²) in [6, 6.07) is 8.07. The highest BCUT2D eigenvalue weighted by Gasteiger charge is 2.16. The van der Waals surface area contributed by atoms with Crippen LogP contribution >= 0.6 is 0 Å². The van der Waals surface area contributed by atoms with Gasteiger partial charge in [0.05, 0.1) is 6.61 Å². The molecular weight excluding hydrogens is 266 g/mol. The van der Waals surface area contributed by atoms with Gasteiger partial charge in [-0.2, -0.15) is 0 Å². The summed E-state index contributed by atoms with van der Waals surface area (Å²) >= 11 is 0. The summed E-state index contributed by atoms with van der Waals surface area (Å²) in [7, 11) is 0. The van der Waals surface area contributed by atoms with Gasteiger partial charge in [0.2, 0.25) is 5.91 Å². The lowest BCUT2D eigenvalue weighted by Gasteiger charge is -2.20. The van der Waals surface area contributed by atoms with Gasteiger partial charge in [0.25, 0.3) is 0 Å². The van der Waals surface area contributed by atoms with Gasteiger partial charge >= 0.3 is 5.97 Å². The van der Waals surface area contributed by atoms with Crippen molar-refractivity contribution in [2.24, 2.45) is 0 Å². The summed E-state index contributed by atoms with van der Waals surface area (Å²) in [4.78, 5) is 25.2. The molecule has 0 bridgehead atoms. The first kappa shape index (κ1) is 17.0. The van der Waals surface area contributed by atoms with Gasteiger partial charge in [-0.1, -0.05) is 35.9 Å². The number of carbonyl (C=O) groups excluding carboxylic acids is 2. The number of esters is 1. The van der Waals surface area contributed by atoms with Crippen molar-refractivity contribution in [2.75, 3.05) is 19.7 Å². The maximum Gasteiger partial charge on any atom is 0.325 e. The number of hydrogen-bond acceptors (Lipinski definition) is 3. The lowest BCUT2D eigenvalue weighted by molar-refractivity contribution is -0.148. The summed E-state index contributed by atoms with van der Waals surface area (Å²) in [6.45, 7) is 8.04. The van der Waals surface area contributed by atoms with Crippen LogP contribution in [0.15, 0.2) is 36.9 Å². The van der Waals surface area contributed by atoms with E-state index in [1.54, 1.807) is 13.0 Å². The van der Waals surface area contributed by atoms with Crippen molar-refractivity contribution in [2.45, 2.75) is 26.7 Å². The fourth-order valence-electron chi connectivity index (χ4n) is 2.05. The van der Waals surface area contributed by atoms with Crippen molar-refractivity contribution in [3.63, 3.8) is 0 Å². The number of rotatable bonds is 8. The van der Waals surface area contributed by atoms with Crippen molar-refractivity contribution in [3.8, 4) is 0 Å². The van der Waals surface area contributed by atoms with E-state index in [0.717, 1.165) is 5.56 Å². The monoisotopic (exact) mass is 289 g/mol. The molecule has 114 valence electrons. The third-order valence-corrected chi connectivity index (χ3v) is 3.04. The highest BCUT2D eigenvalue weighted by Crippen LogP contribution is 2.08. The van der Waals surface area contributed by atoms with Gasteiger partial charge in [-0.15, -0.1) is 6.58 Å². The molecule has 0 saturated carbocycles. The molecule has 0 aromatic heterocycles. The molecule has 1 aromatic rings. The standard InChI is InChI=1S/C17H23NO3/c1-4-11-18(13-17(20)21-5-2)16(19)10-9-15-8-6-7-14(3)12-15/h4,6-8,12H,1,5,9-11,13H2,2-3H3. The summed E-state index contributed by atoms with van der Waals surface area (Å²) in [5.74, 6) is -0.451. The third-order valence-electron chi connectivity index (χ3n) is 3.04. The van der Waals surface area contributed by atoms with Gasteiger partial charge in [-0.05, 0) is 25.8 Å². The topological polar surface area (TPSA) is 46.6 Å². The number of aryl methyl sites for hydroxylation is 2. The van der Waals surface area contributed by atoms with E-state index in [-0.39, 0.29) is 18.4 Å². The molecule has 0 spiro atoms. The molecule has 1 rings (SSSR count). The molecule has 0 aliphatic carbocycles. The van der Waals surface area contributed by atoms with Crippen molar-refractivity contribution in [1.29, 1.82) is 0 Å². The van der Waals surface area contributed by atoms with E-state index in [2.05, 4.69) is 12.6 Å². The summed E-state index contributed by atoms with van der Waals surface area (Å²) < 4.78 is 4.88. The van der Waals surface area contributed by atoms with Crippen LogP contribution in [0.25, 0.3) is 0 Å². The van der Waals surface area contributed by atoms with Gasteiger partial charge in [-0.25, -0.2) is 0 Å². The van der Waals surface area contributed by atoms with E-state index < -0.39 is 0 Å². The van der Waals surface area contributed by atoms with Crippen molar-refractivity contribution < 1.29 is 14.3 Å². The number of nitrogens with zero attached hydrogens (tertiary/aromatic N) is 1. The number of ether oxygens (including phenoxy) is 1. The highest BCUT2D eigenvalue weighted by molar-refractivity contribution is 5.82. The quantitative estimate of drug-likeness (QED) is 0.545. The molecule has 1 amide bonds. The normalized spacial score (nSPS) is 10.0. The Morgan fingerprint density at radius 1 is 1.38 bits per heavy atom. The van der Waals surface area contributed by atoms with Crippen LogP contribution in [0, 0.1) is 6.92 Å². The molecule has 0 aliphatic rings. The maximum absolute atomic E-state index is 12.2. The minimum Gasteiger partial charge on any atom is -0.465 e.